The molecule has 2 nitrogen and oxygen atoms in total. The first-order valence-corrected chi connectivity index (χ1v) is 8.23. The molecule has 0 heterocycles. The van der Waals surface area contributed by atoms with Gasteiger partial charge in [-0.15, -0.1) is 0 Å². The SMILES string of the molecule is CCC(CC)(CC)COCOCC(CC)(CC)CC. The van der Waals surface area contributed by atoms with Crippen LogP contribution in [0, 0.1) is 10.8 Å². The molecule has 2 heteroatoms. The average molecular weight is 272 g/mol. The molecule has 0 amide bonds. The van der Waals surface area contributed by atoms with E-state index in [0.29, 0.717) is 17.6 Å². The van der Waals surface area contributed by atoms with Crippen molar-refractivity contribution in [2.24, 2.45) is 10.8 Å². The van der Waals surface area contributed by atoms with Gasteiger partial charge >= 0.3 is 0 Å². The molecule has 0 unspecified atom stereocenters. The largest absolute Gasteiger partial charge is 0.355 e. The Hall–Kier alpha value is -0.0800. The lowest BCUT2D eigenvalue weighted by molar-refractivity contribution is -0.107. The van der Waals surface area contributed by atoms with Crippen molar-refractivity contribution in [1.82, 2.24) is 0 Å². The molecule has 0 N–H and O–H groups in total. The maximum absolute atomic E-state index is 5.78. The molecule has 0 fully saturated rings. The standard InChI is InChI=1S/C17H36O2/c1-7-16(8-2,9-3)13-18-15-19-14-17(10-4,11-5)12-6/h7-15H2,1-6H3. The van der Waals surface area contributed by atoms with Crippen LogP contribution in [0.4, 0.5) is 0 Å². The lowest BCUT2D eigenvalue weighted by Gasteiger charge is -2.32. The van der Waals surface area contributed by atoms with Crippen LogP contribution < -0.4 is 0 Å². The van der Waals surface area contributed by atoms with E-state index in [9.17, 15) is 0 Å². The number of hydrogen-bond acceptors (Lipinski definition) is 2. The molecule has 19 heavy (non-hydrogen) atoms. The van der Waals surface area contributed by atoms with Gasteiger partial charge in [-0.2, -0.15) is 0 Å². The minimum absolute atomic E-state index is 0.348. The minimum Gasteiger partial charge on any atom is -0.355 e. The Labute approximate surface area is 121 Å². The van der Waals surface area contributed by atoms with Crippen molar-refractivity contribution < 1.29 is 9.47 Å². The number of hydrogen-bond donors (Lipinski definition) is 0. The van der Waals surface area contributed by atoms with Crippen LogP contribution in [0.1, 0.15) is 80.1 Å². The molecule has 0 bridgehead atoms. The average Bonchev–Trinajstić information content (AvgIpc) is 2.48. The third-order valence-corrected chi connectivity index (χ3v) is 5.48. The highest BCUT2D eigenvalue weighted by Crippen LogP contribution is 2.32. The lowest BCUT2D eigenvalue weighted by Crippen LogP contribution is -2.28. The summed E-state index contributed by atoms with van der Waals surface area (Å²) in [5.41, 5.74) is 0.696. The Morgan fingerprint density at radius 1 is 0.526 bits per heavy atom. The Morgan fingerprint density at radius 2 is 0.789 bits per heavy atom. The fourth-order valence-electron chi connectivity index (χ4n) is 2.69. The Kier molecular flexibility index (Phi) is 9.72. The summed E-state index contributed by atoms with van der Waals surface area (Å²) in [5, 5.41) is 0. The summed E-state index contributed by atoms with van der Waals surface area (Å²) >= 11 is 0. The van der Waals surface area contributed by atoms with Gasteiger partial charge in [-0.1, -0.05) is 41.5 Å². The molecule has 0 saturated carbocycles. The molecule has 0 saturated heterocycles. The lowest BCUT2D eigenvalue weighted by atomic mass is 9.81. The van der Waals surface area contributed by atoms with Gasteiger partial charge in [0.2, 0.25) is 0 Å². The molecular formula is C17H36O2. The van der Waals surface area contributed by atoms with Gasteiger partial charge in [0.25, 0.3) is 0 Å². The van der Waals surface area contributed by atoms with E-state index < -0.39 is 0 Å². The van der Waals surface area contributed by atoms with E-state index >= 15 is 0 Å². The zero-order valence-corrected chi connectivity index (χ0v) is 14.2. The molecule has 0 spiro atoms. The fraction of sp³-hybridized carbons (Fsp3) is 1.00. The second kappa shape index (κ2) is 9.77. The van der Waals surface area contributed by atoms with Crippen molar-refractivity contribution in [3.05, 3.63) is 0 Å². The molecule has 0 aliphatic rings. The monoisotopic (exact) mass is 272 g/mol. The first kappa shape index (κ1) is 18.9. The van der Waals surface area contributed by atoms with E-state index in [4.69, 9.17) is 9.47 Å². The molecule has 0 aromatic heterocycles. The summed E-state index contributed by atoms with van der Waals surface area (Å²) in [4.78, 5) is 0. The van der Waals surface area contributed by atoms with E-state index in [1.54, 1.807) is 0 Å². The Balaban J connectivity index is 3.98. The molecule has 0 atom stereocenters. The van der Waals surface area contributed by atoms with Gasteiger partial charge in [-0.25, -0.2) is 0 Å². The van der Waals surface area contributed by atoms with Gasteiger partial charge in [0, 0.05) is 0 Å². The van der Waals surface area contributed by atoms with E-state index in [0.717, 1.165) is 13.2 Å². The normalized spacial score (nSPS) is 12.9. The van der Waals surface area contributed by atoms with Crippen molar-refractivity contribution in [1.29, 1.82) is 0 Å². The highest BCUT2D eigenvalue weighted by molar-refractivity contribution is 4.75. The van der Waals surface area contributed by atoms with Gasteiger partial charge in [0.1, 0.15) is 6.79 Å². The summed E-state index contributed by atoms with van der Waals surface area (Å²) in [6.07, 6.45) is 7.10. The molecule has 0 aromatic rings. The van der Waals surface area contributed by atoms with Crippen molar-refractivity contribution >= 4 is 0 Å². The van der Waals surface area contributed by atoms with Crippen molar-refractivity contribution in [2.45, 2.75) is 80.1 Å². The smallest absolute Gasteiger partial charge is 0.146 e. The molecule has 0 aromatic carbocycles. The second-order valence-electron chi connectivity index (χ2n) is 5.94. The van der Waals surface area contributed by atoms with Gasteiger partial charge in [0.05, 0.1) is 13.2 Å². The molecule has 116 valence electrons. The molecular weight excluding hydrogens is 236 g/mol. The summed E-state index contributed by atoms with van der Waals surface area (Å²) < 4.78 is 11.6. The van der Waals surface area contributed by atoms with Gasteiger partial charge in [-0.05, 0) is 49.4 Å². The van der Waals surface area contributed by atoms with Gasteiger partial charge in [-0.3, -0.25) is 0 Å². The third kappa shape index (κ3) is 5.83. The molecule has 0 aliphatic carbocycles. The van der Waals surface area contributed by atoms with Crippen molar-refractivity contribution in [3.63, 3.8) is 0 Å². The van der Waals surface area contributed by atoms with E-state index in [1.165, 1.54) is 38.5 Å². The minimum atomic E-state index is 0.348. The maximum Gasteiger partial charge on any atom is 0.146 e. The fourth-order valence-corrected chi connectivity index (χ4v) is 2.69. The van der Waals surface area contributed by atoms with Crippen LogP contribution in [0.15, 0.2) is 0 Å². The zero-order chi connectivity index (χ0) is 14.8. The van der Waals surface area contributed by atoms with Gasteiger partial charge < -0.3 is 9.47 Å². The van der Waals surface area contributed by atoms with Crippen LogP contribution in [0.5, 0.6) is 0 Å². The Bertz CT molecular complexity index is 167. The predicted molar refractivity (Wildman–Crippen MR) is 83.4 cm³/mol. The third-order valence-electron chi connectivity index (χ3n) is 5.48. The van der Waals surface area contributed by atoms with Crippen LogP contribution in [0.25, 0.3) is 0 Å². The zero-order valence-electron chi connectivity index (χ0n) is 14.2. The summed E-state index contributed by atoms with van der Waals surface area (Å²) in [6.45, 7) is 15.6. The summed E-state index contributed by atoms with van der Waals surface area (Å²) in [6, 6.07) is 0. The van der Waals surface area contributed by atoms with Gasteiger partial charge in [0.15, 0.2) is 0 Å². The van der Waals surface area contributed by atoms with Crippen LogP contribution in [0.2, 0.25) is 0 Å². The summed E-state index contributed by atoms with van der Waals surface area (Å²) in [7, 11) is 0. The van der Waals surface area contributed by atoms with Crippen molar-refractivity contribution in [2.75, 3.05) is 20.0 Å². The highest BCUT2D eigenvalue weighted by Gasteiger charge is 2.25. The topological polar surface area (TPSA) is 18.5 Å². The summed E-state index contributed by atoms with van der Waals surface area (Å²) in [5.74, 6) is 0. The number of rotatable bonds is 12. The van der Waals surface area contributed by atoms with Crippen LogP contribution in [0.3, 0.4) is 0 Å². The molecule has 0 aliphatic heterocycles. The number of ether oxygens (including phenoxy) is 2. The van der Waals surface area contributed by atoms with E-state index in [2.05, 4.69) is 41.5 Å². The molecule has 0 radical (unpaired) electrons. The second-order valence-corrected chi connectivity index (χ2v) is 5.94. The van der Waals surface area contributed by atoms with Crippen LogP contribution in [-0.2, 0) is 9.47 Å². The Morgan fingerprint density at radius 3 is 1.00 bits per heavy atom. The van der Waals surface area contributed by atoms with E-state index in [-0.39, 0.29) is 0 Å². The molecule has 0 rings (SSSR count). The highest BCUT2D eigenvalue weighted by atomic mass is 16.7. The first-order chi connectivity index (χ1) is 9.07. The first-order valence-electron chi connectivity index (χ1n) is 8.23. The quantitative estimate of drug-likeness (QED) is 0.349. The van der Waals surface area contributed by atoms with Crippen LogP contribution in [-0.4, -0.2) is 20.0 Å². The maximum atomic E-state index is 5.78. The predicted octanol–water partition coefficient (Wildman–Crippen LogP) is 5.41. The van der Waals surface area contributed by atoms with Crippen molar-refractivity contribution in [3.8, 4) is 0 Å². The van der Waals surface area contributed by atoms with Crippen LogP contribution >= 0.6 is 0 Å². The van der Waals surface area contributed by atoms with E-state index in [1.807, 2.05) is 0 Å².